The average Bonchev–Trinajstić information content (AvgIpc) is 2.35. The third-order valence-electron chi connectivity index (χ3n) is 3.08. The van der Waals surface area contributed by atoms with Gasteiger partial charge in [-0.2, -0.15) is 11.8 Å². The molecule has 19 heavy (non-hydrogen) atoms. The summed E-state index contributed by atoms with van der Waals surface area (Å²) in [6, 6.07) is 8.72. The molecule has 1 rings (SSSR count). The highest BCUT2D eigenvalue weighted by Crippen LogP contribution is 2.36. The van der Waals surface area contributed by atoms with E-state index >= 15 is 0 Å². The highest BCUT2D eigenvalue weighted by atomic mass is 79.9. The van der Waals surface area contributed by atoms with Gasteiger partial charge < -0.3 is 0 Å². The fourth-order valence-electron chi connectivity index (χ4n) is 1.82. The van der Waals surface area contributed by atoms with Gasteiger partial charge in [0.25, 0.3) is 0 Å². The molecule has 0 nitrogen and oxygen atoms in total. The molecular formula is C15H21Br3S. The van der Waals surface area contributed by atoms with Gasteiger partial charge in [0.15, 0.2) is 0 Å². The van der Waals surface area contributed by atoms with Gasteiger partial charge in [0.2, 0.25) is 0 Å². The van der Waals surface area contributed by atoms with Gasteiger partial charge in [-0.15, -0.1) is 0 Å². The van der Waals surface area contributed by atoms with Crippen LogP contribution in [0.2, 0.25) is 0 Å². The first-order valence-electron chi connectivity index (χ1n) is 6.35. The summed E-state index contributed by atoms with van der Waals surface area (Å²) in [5.74, 6) is 1.18. The van der Waals surface area contributed by atoms with E-state index in [1.54, 1.807) is 0 Å². The molecule has 0 aliphatic heterocycles. The van der Waals surface area contributed by atoms with Crippen LogP contribution >= 0.6 is 59.6 Å². The maximum Gasteiger partial charge on any atom is 0.0175 e. The van der Waals surface area contributed by atoms with Crippen molar-refractivity contribution in [3.8, 4) is 0 Å². The first-order chi connectivity index (χ1) is 8.83. The third kappa shape index (κ3) is 5.72. The topological polar surface area (TPSA) is 0 Å². The molecule has 0 aliphatic rings. The van der Waals surface area contributed by atoms with Gasteiger partial charge in [-0.05, 0) is 29.9 Å². The Kier molecular flexibility index (Phi) is 7.47. The predicted octanol–water partition coefficient (Wildman–Crippen LogP) is 6.40. The van der Waals surface area contributed by atoms with E-state index in [1.165, 1.54) is 17.7 Å². The molecule has 1 aromatic rings. The molecular weight excluding hydrogens is 452 g/mol. The number of hydrogen-bond donors (Lipinski definition) is 0. The number of halogens is 3. The summed E-state index contributed by atoms with van der Waals surface area (Å²) in [5.41, 5.74) is 1.58. The third-order valence-corrected chi connectivity index (χ3v) is 7.03. The lowest BCUT2D eigenvalue weighted by Gasteiger charge is -2.32. The van der Waals surface area contributed by atoms with Gasteiger partial charge in [-0.25, -0.2) is 0 Å². The predicted molar refractivity (Wildman–Crippen MR) is 100 cm³/mol. The molecule has 4 heteroatoms. The van der Waals surface area contributed by atoms with Gasteiger partial charge >= 0.3 is 0 Å². The van der Waals surface area contributed by atoms with Crippen molar-refractivity contribution in [2.24, 2.45) is 0 Å². The summed E-state index contributed by atoms with van der Waals surface area (Å²) < 4.78 is 1.47. The Morgan fingerprint density at radius 1 is 1.00 bits per heavy atom. The molecule has 0 heterocycles. The average molecular weight is 473 g/mol. The zero-order valence-electron chi connectivity index (χ0n) is 11.7. The van der Waals surface area contributed by atoms with E-state index in [-0.39, 0.29) is 5.41 Å². The normalized spacial score (nSPS) is 12.7. The molecule has 0 saturated carbocycles. The molecule has 0 atom stereocenters. The minimum Gasteiger partial charge on any atom is -0.156 e. The Balaban J connectivity index is 2.82. The molecule has 0 unspecified atom stereocenters. The quantitative estimate of drug-likeness (QED) is 0.432. The largest absolute Gasteiger partial charge is 0.156 e. The molecule has 0 bridgehead atoms. The molecule has 0 fully saturated rings. The second-order valence-electron chi connectivity index (χ2n) is 5.77. The fourth-order valence-corrected chi connectivity index (χ4v) is 5.33. The van der Waals surface area contributed by atoms with Crippen LogP contribution in [0.4, 0.5) is 0 Å². The van der Waals surface area contributed by atoms with Crippen LogP contribution in [0.3, 0.4) is 0 Å². The van der Waals surface area contributed by atoms with Crippen molar-refractivity contribution in [1.82, 2.24) is 0 Å². The Hall–Kier alpha value is 1.01. The zero-order chi connectivity index (χ0) is 14.5. The molecule has 1 aromatic carbocycles. The molecule has 0 aromatic heterocycles. The molecule has 0 aliphatic carbocycles. The second kappa shape index (κ2) is 7.86. The van der Waals surface area contributed by atoms with Crippen LogP contribution in [0.5, 0.6) is 0 Å². The fraction of sp³-hybridized carbons (Fsp3) is 0.600. The van der Waals surface area contributed by atoms with E-state index in [0.29, 0.717) is 4.75 Å². The maximum absolute atomic E-state index is 3.72. The van der Waals surface area contributed by atoms with Gasteiger partial charge in [-0.1, -0.05) is 80.7 Å². The summed E-state index contributed by atoms with van der Waals surface area (Å²) in [6.07, 6.45) is 1.17. The van der Waals surface area contributed by atoms with Crippen molar-refractivity contribution in [3.05, 3.63) is 34.3 Å². The smallest absolute Gasteiger partial charge is 0.0175 e. The minimum atomic E-state index is 0.180. The minimum absolute atomic E-state index is 0.180. The van der Waals surface area contributed by atoms with Gasteiger partial charge in [0.1, 0.15) is 0 Å². The van der Waals surface area contributed by atoms with Gasteiger partial charge in [0, 0.05) is 25.3 Å². The van der Waals surface area contributed by atoms with Crippen LogP contribution in [0.15, 0.2) is 28.7 Å². The Bertz CT molecular complexity index is 377. The SMILES string of the molecule is CC(C)(C)SCCC(CBr)(CBr)c1ccc(Br)cc1. The van der Waals surface area contributed by atoms with Crippen molar-refractivity contribution < 1.29 is 0 Å². The first-order valence-corrected chi connectivity index (χ1v) is 10.4. The van der Waals surface area contributed by atoms with Crippen LogP contribution in [0, 0.1) is 0 Å². The number of thioether (sulfide) groups is 1. The van der Waals surface area contributed by atoms with E-state index in [9.17, 15) is 0 Å². The Morgan fingerprint density at radius 2 is 1.53 bits per heavy atom. The standard InChI is InChI=1S/C15H21Br3S/c1-14(2,3)19-9-8-15(10-16,11-17)12-4-6-13(18)7-5-12/h4-7H,8-11H2,1-3H3. The lowest BCUT2D eigenvalue weighted by molar-refractivity contribution is 0.537. The maximum atomic E-state index is 3.72. The van der Waals surface area contributed by atoms with Crippen molar-refractivity contribution >= 4 is 59.6 Å². The number of rotatable bonds is 6. The summed E-state index contributed by atoms with van der Waals surface area (Å²) in [5, 5.41) is 1.97. The molecule has 0 amide bonds. The number of alkyl halides is 2. The number of benzene rings is 1. The zero-order valence-corrected chi connectivity index (χ0v) is 17.3. The lowest BCUT2D eigenvalue weighted by atomic mass is 9.82. The Morgan fingerprint density at radius 3 is 1.95 bits per heavy atom. The van der Waals surface area contributed by atoms with Crippen molar-refractivity contribution in [2.45, 2.75) is 37.4 Å². The van der Waals surface area contributed by atoms with Crippen LogP contribution in [0.25, 0.3) is 0 Å². The molecule has 0 radical (unpaired) electrons. The van der Waals surface area contributed by atoms with Crippen molar-refractivity contribution in [2.75, 3.05) is 16.4 Å². The Labute approximate surface area is 146 Å². The van der Waals surface area contributed by atoms with Crippen LogP contribution < -0.4 is 0 Å². The monoisotopic (exact) mass is 470 g/mol. The van der Waals surface area contributed by atoms with E-state index in [4.69, 9.17) is 0 Å². The highest BCUT2D eigenvalue weighted by Gasteiger charge is 2.30. The highest BCUT2D eigenvalue weighted by molar-refractivity contribution is 9.10. The van der Waals surface area contributed by atoms with E-state index in [1.807, 2.05) is 11.8 Å². The summed E-state index contributed by atoms with van der Waals surface area (Å²) in [7, 11) is 0. The van der Waals surface area contributed by atoms with E-state index in [0.717, 1.165) is 15.1 Å². The summed E-state index contributed by atoms with van der Waals surface area (Å²) >= 11 is 13.0. The van der Waals surface area contributed by atoms with Crippen LogP contribution in [-0.2, 0) is 5.41 Å². The summed E-state index contributed by atoms with van der Waals surface area (Å²) in [4.78, 5) is 0. The van der Waals surface area contributed by atoms with E-state index in [2.05, 4.69) is 92.8 Å². The van der Waals surface area contributed by atoms with Gasteiger partial charge in [0.05, 0.1) is 0 Å². The second-order valence-corrected chi connectivity index (χ2v) is 9.72. The van der Waals surface area contributed by atoms with Crippen LogP contribution in [-0.4, -0.2) is 21.2 Å². The molecule has 0 N–H and O–H groups in total. The summed E-state index contributed by atoms with van der Waals surface area (Å²) in [6.45, 7) is 6.84. The van der Waals surface area contributed by atoms with E-state index < -0.39 is 0 Å². The molecule has 108 valence electrons. The van der Waals surface area contributed by atoms with Crippen LogP contribution in [0.1, 0.15) is 32.8 Å². The van der Waals surface area contributed by atoms with Crippen molar-refractivity contribution in [1.29, 1.82) is 0 Å². The molecule has 0 spiro atoms. The van der Waals surface area contributed by atoms with Crippen molar-refractivity contribution in [3.63, 3.8) is 0 Å². The van der Waals surface area contributed by atoms with Gasteiger partial charge in [-0.3, -0.25) is 0 Å². The number of hydrogen-bond acceptors (Lipinski definition) is 1. The lowest BCUT2D eigenvalue weighted by Crippen LogP contribution is -2.31. The molecule has 0 saturated heterocycles. The first kappa shape index (κ1) is 18.1.